The van der Waals surface area contributed by atoms with Crippen LogP contribution in [0.4, 0.5) is 0 Å². The van der Waals surface area contributed by atoms with E-state index < -0.39 is 0 Å². The molecule has 0 radical (unpaired) electrons. The molecule has 0 aliphatic heterocycles. The molecule has 0 bridgehead atoms. The van der Waals surface area contributed by atoms with Crippen LogP contribution in [0.5, 0.6) is 0 Å². The summed E-state index contributed by atoms with van der Waals surface area (Å²) < 4.78 is 0. The summed E-state index contributed by atoms with van der Waals surface area (Å²) in [5.74, 6) is 0.430. The van der Waals surface area contributed by atoms with Gasteiger partial charge in [-0.25, -0.2) is 5.53 Å². The second kappa shape index (κ2) is 5.13. The molecule has 3 heteroatoms. The third kappa shape index (κ3) is 3.25. The van der Waals surface area contributed by atoms with E-state index >= 15 is 0 Å². The molecule has 1 N–H and O–H groups in total. The van der Waals surface area contributed by atoms with E-state index in [1.165, 1.54) is 10.5 Å². The van der Waals surface area contributed by atoms with Crippen LogP contribution in [0.2, 0.25) is 0 Å². The van der Waals surface area contributed by atoms with Crippen molar-refractivity contribution < 1.29 is 0 Å². The smallest absolute Gasteiger partial charge is 0.101 e. The number of allylic oxidation sites excluding steroid dienone is 1. The highest BCUT2D eigenvalue weighted by Crippen LogP contribution is 2.35. The van der Waals surface area contributed by atoms with E-state index in [2.05, 4.69) is 58.8 Å². The quantitative estimate of drug-likeness (QED) is 0.691. The van der Waals surface area contributed by atoms with E-state index in [4.69, 9.17) is 5.53 Å². The van der Waals surface area contributed by atoms with Crippen LogP contribution in [-0.4, -0.2) is 0 Å². The number of hydrogen-bond donors (Lipinski definition) is 1. The van der Waals surface area contributed by atoms with Gasteiger partial charge in [-0.3, -0.25) is 0 Å². The summed E-state index contributed by atoms with van der Waals surface area (Å²) in [6, 6.07) is 4.24. The number of nitrogens with zero attached hydrogens (tertiary/aromatic N) is 1. The van der Waals surface area contributed by atoms with Crippen molar-refractivity contribution in [1.82, 2.24) is 0 Å². The SMILES string of the molecule is C/C(=C(/N=N)c1ccc(C(C)(C)C)s1)C(C)C. The van der Waals surface area contributed by atoms with Gasteiger partial charge in [-0.2, -0.15) is 5.11 Å². The van der Waals surface area contributed by atoms with Gasteiger partial charge in [0.15, 0.2) is 0 Å². The normalized spacial score (nSPS) is 13.8. The van der Waals surface area contributed by atoms with Gasteiger partial charge in [-0.1, -0.05) is 34.6 Å². The summed E-state index contributed by atoms with van der Waals surface area (Å²) in [5.41, 5.74) is 9.55. The van der Waals surface area contributed by atoms with Crippen LogP contribution in [-0.2, 0) is 5.41 Å². The fourth-order valence-corrected chi connectivity index (χ4v) is 2.60. The van der Waals surface area contributed by atoms with E-state index in [1.54, 1.807) is 11.3 Å². The zero-order valence-electron chi connectivity index (χ0n) is 11.6. The largest absolute Gasteiger partial charge is 0.204 e. The Morgan fingerprint density at radius 2 is 1.88 bits per heavy atom. The van der Waals surface area contributed by atoms with E-state index in [0.29, 0.717) is 5.92 Å². The summed E-state index contributed by atoms with van der Waals surface area (Å²) in [6.07, 6.45) is 0. The first kappa shape index (κ1) is 14.1. The maximum atomic E-state index is 7.36. The van der Waals surface area contributed by atoms with E-state index in [1.807, 2.05) is 0 Å². The van der Waals surface area contributed by atoms with Crippen LogP contribution in [0.3, 0.4) is 0 Å². The molecule has 0 saturated carbocycles. The van der Waals surface area contributed by atoms with E-state index in [9.17, 15) is 0 Å². The molecule has 0 aliphatic rings. The Balaban J connectivity index is 3.20. The molecule has 94 valence electrons. The Hall–Kier alpha value is -0.960. The first-order valence-electron chi connectivity index (χ1n) is 5.96. The third-order valence-electron chi connectivity index (χ3n) is 2.93. The Bertz CT molecular complexity index is 433. The maximum absolute atomic E-state index is 7.36. The minimum Gasteiger partial charge on any atom is -0.204 e. The van der Waals surface area contributed by atoms with Gasteiger partial charge in [-0.15, -0.1) is 11.3 Å². The van der Waals surface area contributed by atoms with Crippen molar-refractivity contribution in [3.8, 4) is 0 Å². The van der Waals surface area contributed by atoms with Crippen LogP contribution in [0.25, 0.3) is 5.70 Å². The van der Waals surface area contributed by atoms with Crippen LogP contribution in [0, 0.1) is 11.4 Å². The number of thiophene rings is 1. The predicted molar refractivity (Wildman–Crippen MR) is 75.6 cm³/mol. The summed E-state index contributed by atoms with van der Waals surface area (Å²) in [4.78, 5) is 2.45. The Morgan fingerprint density at radius 3 is 2.24 bits per heavy atom. The minimum absolute atomic E-state index is 0.168. The average Bonchev–Trinajstić information content (AvgIpc) is 2.67. The van der Waals surface area contributed by atoms with Crippen molar-refractivity contribution in [3.05, 3.63) is 27.5 Å². The lowest BCUT2D eigenvalue weighted by Crippen LogP contribution is -2.07. The monoisotopic (exact) mass is 250 g/mol. The van der Waals surface area contributed by atoms with Crippen molar-refractivity contribution >= 4 is 17.0 Å². The molecular formula is C14H22N2S. The fourth-order valence-electron chi connectivity index (χ4n) is 1.48. The highest BCUT2D eigenvalue weighted by atomic mass is 32.1. The highest BCUT2D eigenvalue weighted by Gasteiger charge is 2.18. The highest BCUT2D eigenvalue weighted by molar-refractivity contribution is 7.13. The molecule has 0 aromatic carbocycles. The van der Waals surface area contributed by atoms with Gasteiger partial charge < -0.3 is 0 Å². The molecule has 1 aromatic heterocycles. The first-order valence-corrected chi connectivity index (χ1v) is 6.78. The molecule has 0 unspecified atom stereocenters. The lowest BCUT2D eigenvalue weighted by atomic mass is 9.95. The van der Waals surface area contributed by atoms with Crippen molar-refractivity contribution in [2.75, 3.05) is 0 Å². The zero-order valence-corrected chi connectivity index (χ0v) is 12.4. The molecule has 0 amide bonds. The van der Waals surface area contributed by atoms with Crippen LogP contribution >= 0.6 is 11.3 Å². The molecule has 1 heterocycles. The average molecular weight is 250 g/mol. The molecule has 0 aliphatic carbocycles. The summed E-state index contributed by atoms with van der Waals surface area (Å²) in [5, 5.41) is 3.71. The van der Waals surface area contributed by atoms with Gasteiger partial charge in [0.25, 0.3) is 0 Å². The number of rotatable bonds is 3. The number of hydrogen-bond acceptors (Lipinski definition) is 3. The molecule has 1 aromatic rings. The topological polar surface area (TPSA) is 36.2 Å². The minimum atomic E-state index is 0.168. The van der Waals surface area contributed by atoms with Crippen molar-refractivity contribution in [2.24, 2.45) is 11.0 Å². The Labute approximate surface area is 108 Å². The van der Waals surface area contributed by atoms with Gasteiger partial charge in [0, 0.05) is 4.88 Å². The molecule has 0 fully saturated rings. The van der Waals surface area contributed by atoms with Crippen LogP contribution in [0.1, 0.15) is 51.3 Å². The summed E-state index contributed by atoms with van der Waals surface area (Å²) >= 11 is 1.75. The fraction of sp³-hybridized carbons (Fsp3) is 0.571. The van der Waals surface area contributed by atoms with Gasteiger partial charge in [0.1, 0.15) is 5.70 Å². The lowest BCUT2D eigenvalue weighted by Gasteiger charge is -2.15. The van der Waals surface area contributed by atoms with Gasteiger partial charge in [-0.05, 0) is 36.0 Å². The Morgan fingerprint density at radius 1 is 1.29 bits per heavy atom. The van der Waals surface area contributed by atoms with Crippen LogP contribution < -0.4 is 0 Å². The predicted octanol–water partition coefficient (Wildman–Crippen LogP) is 5.46. The molecular weight excluding hydrogens is 228 g/mol. The van der Waals surface area contributed by atoms with E-state index in [0.717, 1.165) is 10.6 Å². The van der Waals surface area contributed by atoms with Crippen molar-refractivity contribution in [2.45, 2.75) is 47.0 Å². The summed E-state index contributed by atoms with van der Waals surface area (Å²) in [7, 11) is 0. The molecule has 17 heavy (non-hydrogen) atoms. The Kier molecular flexibility index (Phi) is 4.26. The molecule has 0 atom stereocenters. The summed E-state index contributed by atoms with van der Waals surface area (Å²) in [6.45, 7) is 13.0. The second-order valence-electron chi connectivity index (χ2n) is 5.71. The standard InChI is InChI=1S/C14H22N2S/c1-9(2)10(3)13(16-15)11-7-8-12(17-11)14(4,5)6/h7-9,15H,1-6H3/b13-10-,16-15?. The van der Waals surface area contributed by atoms with Gasteiger partial charge >= 0.3 is 0 Å². The molecule has 0 saturated heterocycles. The van der Waals surface area contributed by atoms with E-state index in [-0.39, 0.29) is 5.41 Å². The second-order valence-corrected chi connectivity index (χ2v) is 6.80. The third-order valence-corrected chi connectivity index (χ3v) is 4.45. The maximum Gasteiger partial charge on any atom is 0.101 e. The molecule has 1 rings (SSSR count). The van der Waals surface area contributed by atoms with Crippen molar-refractivity contribution in [1.29, 1.82) is 5.53 Å². The van der Waals surface area contributed by atoms with Crippen LogP contribution in [0.15, 0.2) is 22.8 Å². The van der Waals surface area contributed by atoms with Gasteiger partial charge in [0.2, 0.25) is 0 Å². The number of nitrogens with one attached hydrogen (secondary N) is 1. The van der Waals surface area contributed by atoms with Crippen molar-refractivity contribution in [3.63, 3.8) is 0 Å². The molecule has 0 spiro atoms. The first-order chi connectivity index (χ1) is 7.77. The lowest BCUT2D eigenvalue weighted by molar-refractivity contribution is 0.604. The van der Waals surface area contributed by atoms with Gasteiger partial charge in [0.05, 0.1) is 4.88 Å². The molecule has 2 nitrogen and oxygen atoms in total. The zero-order chi connectivity index (χ0) is 13.2.